The molecule has 1 atom stereocenters. The molecule has 3 N–H and O–H groups in total. The van der Waals surface area contributed by atoms with Crippen molar-refractivity contribution in [3.8, 4) is 0 Å². The van der Waals surface area contributed by atoms with Crippen molar-refractivity contribution in [1.82, 2.24) is 10.3 Å². The normalized spacial score (nSPS) is 13.7. The maximum Gasteiger partial charge on any atom is 0.189 e. The van der Waals surface area contributed by atoms with Gasteiger partial charge in [0.05, 0.1) is 13.2 Å². The molecule has 0 aliphatic carbocycles. The predicted octanol–water partition coefficient (Wildman–Crippen LogP) is 1.14. The number of nitrogens with two attached hydrogens (primary N) is 1. The maximum atomic E-state index is 5.75. The summed E-state index contributed by atoms with van der Waals surface area (Å²) in [7, 11) is 1.66. The van der Waals surface area contributed by atoms with Crippen LogP contribution in [0.25, 0.3) is 0 Å². The molecule has 96 valence electrons. The highest BCUT2D eigenvalue weighted by molar-refractivity contribution is 7.11. The first-order chi connectivity index (χ1) is 8.15. The Morgan fingerprint density at radius 2 is 2.47 bits per heavy atom. The summed E-state index contributed by atoms with van der Waals surface area (Å²) in [5, 5.41) is 4.04. The molecule has 0 aromatic carbocycles. The second-order valence-corrected chi connectivity index (χ2v) is 4.98. The van der Waals surface area contributed by atoms with Crippen molar-refractivity contribution < 1.29 is 4.74 Å². The van der Waals surface area contributed by atoms with Crippen LogP contribution in [0, 0.1) is 0 Å². The molecule has 0 saturated heterocycles. The van der Waals surface area contributed by atoms with Gasteiger partial charge in [0.15, 0.2) is 5.96 Å². The van der Waals surface area contributed by atoms with Crippen molar-refractivity contribution in [2.75, 3.05) is 13.7 Å². The van der Waals surface area contributed by atoms with Gasteiger partial charge in [0, 0.05) is 24.2 Å². The van der Waals surface area contributed by atoms with E-state index in [-0.39, 0.29) is 6.04 Å². The largest absolute Gasteiger partial charge is 0.383 e. The molecular formula is C11H20N4OS. The number of aliphatic imine (C=N–C) groups is 1. The third-order valence-corrected chi connectivity index (χ3v) is 3.27. The lowest BCUT2D eigenvalue weighted by atomic mass is 10.4. The van der Waals surface area contributed by atoms with E-state index in [4.69, 9.17) is 10.5 Å². The third kappa shape index (κ3) is 5.14. The van der Waals surface area contributed by atoms with E-state index in [9.17, 15) is 0 Å². The number of nitrogens with one attached hydrogen (secondary N) is 1. The molecule has 1 aromatic rings. The summed E-state index contributed by atoms with van der Waals surface area (Å²) in [6.07, 6.45) is 2.91. The molecule has 6 heteroatoms. The molecule has 0 bridgehead atoms. The van der Waals surface area contributed by atoms with Crippen molar-refractivity contribution in [3.05, 3.63) is 16.1 Å². The minimum absolute atomic E-state index is 0.159. The Bertz CT molecular complexity index is 364. The van der Waals surface area contributed by atoms with Crippen LogP contribution in [0.1, 0.15) is 23.7 Å². The van der Waals surface area contributed by atoms with Crippen molar-refractivity contribution >= 4 is 17.3 Å². The zero-order valence-electron chi connectivity index (χ0n) is 10.6. The fourth-order valence-electron chi connectivity index (χ4n) is 1.33. The minimum atomic E-state index is 0.159. The van der Waals surface area contributed by atoms with Gasteiger partial charge in [0.1, 0.15) is 5.01 Å². The highest BCUT2D eigenvalue weighted by atomic mass is 32.1. The van der Waals surface area contributed by atoms with Crippen LogP contribution in [0.2, 0.25) is 0 Å². The number of aryl methyl sites for hydroxylation is 1. The second-order valence-electron chi connectivity index (χ2n) is 3.78. The van der Waals surface area contributed by atoms with Crippen molar-refractivity contribution in [1.29, 1.82) is 0 Å². The average Bonchev–Trinajstić information content (AvgIpc) is 2.74. The third-order valence-electron chi connectivity index (χ3n) is 2.15. The second kappa shape index (κ2) is 7.24. The van der Waals surface area contributed by atoms with Crippen LogP contribution in [-0.2, 0) is 17.7 Å². The molecule has 1 heterocycles. The molecule has 1 rings (SSSR count). The van der Waals surface area contributed by atoms with E-state index in [1.807, 2.05) is 13.1 Å². The molecule has 0 fully saturated rings. The van der Waals surface area contributed by atoms with Gasteiger partial charge < -0.3 is 15.8 Å². The van der Waals surface area contributed by atoms with Crippen LogP contribution in [0.4, 0.5) is 0 Å². The van der Waals surface area contributed by atoms with Crippen LogP contribution in [0.5, 0.6) is 0 Å². The average molecular weight is 256 g/mol. The zero-order valence-corrected chi connectivity index (χ0v) is 11.4. The Morgan fingerprint density at radius 1 is 1.71 bits per heavy atom. The SMILES string of the molecule is CCc1cnc(CN=C(N)NC(C)COC)s1. The zero-order chi connectivity index (χ0) is 12.7. The minimum Gasteiger partial charge on any atom is -0.383 e. The highest BCUT2D eigenvalue weighted by Gasteiger charge is 2.03. The van der Waals surface area contributed by atoms with Gasteiger partial charge in [-0.1, -0.05) is 6.92 Å². The lowest BCUT2D eigenvalue weighted by molar-refractivity contribution is 0.179. The molecule has 0 aliphatic heterocycles. The molecule has 0 radical (unpaired) electrons. The van der Waals surface area contributed by atoms with Crippen LogP contribution < -0.4 is 11.1 Å². The number of aromatic nitrogens is 1. The van der Waals surface area contributed by atoms with Gasteiger partial charge in [0.25, 0.3) is 0 Å². The maximum absolute atomic E-state index is 5.75. The van der Waals surface area contributed by atoms with E-state index in [1.165, 1.54) is 4.88 Å². The van der Waals surface area contributed by atoms with Crippen LogP contribution >= 0.6 is 11.3 Å². The number of hydrogen-bond donors (Lipinski definition) is 2. The molecule has 1 aromatic heterocycles. The quantitative estimate of drug-likeness (QED) is 0.591. The number of nitrogens with zero attached hydrogens (tertiary/aromatic N) is 2. The summed E-state index contributed by atoms with van der Waals surface area (Å²) in [4.78, 5) is 9.79. The van der Waals surface area contributed by atoms with Gasteiger partial charge in [0.2, 0.25) is 0 Å². The van der Waals surface area contributed by atoms with Crippen LogP contribution in [0.3, 0.4) is 0 Å². The van der Waals surface area contributed by atoms with Gasteiger partial charge >= 0.3 is 0 Å². The van der Waals surface area contributed by atoms with Gasteiger partial charge in [-0.3, -0.25) is 0 Å². The molecule has 0 spiro atoms. The van der Waals surface area contributed by atoms with Crippen LogP contribution in [0.15, 0.2) is 11.2 Å². The fraction of sp³-hybridized carbons (Fsp3) is 0.636. The summed E-state index contributed by atoms with van der Waals surface area (Å²) >= 11 is 1.68. The molecule has 17 heavy (non-hydrogen) atoms. The van der Waals surface area contributed by atoms with E-state index < -0.39 is 0 Å². The number of ether oxygens (including phenoxy) is 1. The molecule has 0 amide bonds. The molecule has 0 aliphatic rings. The summed E-state index contributed by atoms with van der Waals surface area (Å²) in [6, 6.07) is 0.159. The number of hydrogen-bond acceptors (Lipinski definition) is 4. The summed E-state index contributed by atoms with van der Waals surface area (Å²) in [5.41, 5.74) is 5.75. The Kier molecular flexibility index (Phi) is 5.93. The topological polar surface area (TPSA) is 72.5 Å². The first-order valence-corrected chi connectivity index (χ1v) is 6.46. The monoisotopic (exact) mass is 256 g/mol. The van der Waals surface area contributed by atoms with Crippen molar-refractivity contribution in [3.63, 3.8) is 0 Å². The van der Waals surface area contributed by atoms with Gasteiger partial charge in [-0.25, -0.2) is 9.98 Å². The molecule has 0 saturated carbocycles. The molecular weight excluding hydrogens is 236 g/mol. The van der Waals surface area contributed by atoms with Crippen molar-refractivity contribution in [2.24, 2.45) is 10.7 Å². The van der Waals surface area contributed by atoms with Gasteiger partial charge in [-0.15, -0.1) is 11.3 Å². The molecule has 1 unspecified atom stereocenters. The van der Waals surface area contributed by atoms with E-state index in [0.29, 0.717) is 19.1 Å². The molecule has 5 nitrogen and oxygen atoms in total. The lowest BCUT2D eigenvalue weighted by Gasteiger charge is -2.12. The summed E-state index contributed by atoms with van der Waals surface area (Å²) in [5.74, 6) is 0.433. The standard InChI is InChI=1S/C11H20N4OS/c1-4-9-5-13-10(17-9)6-14-11(12)15-8(2)7-16-3/h5,8H,4,6-7H2,1-3H3,(H3,12,14,15). The number of guanidine groups is 1. The Hall–Kier alpha value is -1.14. The van der Waals surface area contributed by atoms with E-state index in [1.54, 1.807) is 18.4 Å². The van der Waals surface area contributed by atoms with Crippen LogP contribution in [-0.4, -0.2) is 30.7 Å². The fourth-order valence-corrected chi connectivity index (χ4v) is 2.11. The smallest absolute Gasteiger partial charge is 0.189 e. The van der Waals surface area contributed by atoms with E-state index in [0.717, 1.165) is 11.4 Å². The first-order valence-electron chi connectivity index (χ1n) is 5.64. The predicted molar refractivity (Wildman–Crippen MR) is 71.3 cm³/mol. The lowest BCUT2D eigenvalue weighted by Crippen LogP contribution is -2.40. The van der Waals surface area contributed by atoms with Gasteiger partial charge in [-0.05, 0) is 13.3 Å². The number of methoxy groups -OCH3 is 1. The Balaban J connectivity index is 2.41. The van der Waals surface area contributed by atoms with Gasteiger partial charge in [-0.2, -0.15) is 0 Å². The Morgan fingerprint density at radius 3 is 3.06 bits per heavy atom. The number of rotatable bonds is 6. The van der Waals surface area contributed by atoms with E-state index >= 15 is 0 Å². The summed E-state index contributed by atoms with van der Waals surface area (Å²) in [6.45, 7) is 5.24. The van der Waals surface area contributed by atoms with E-state index in [2.05, 4.69) is 22.2 Å². The Labute approximate surface area is 106 Å². The first kappa shape index (κ1) is 13.9. The highest BCUT2D eigenvalue weighted by Crippen LogP contribution is 2.13. The number of thiazole rings is 1. The summed E-state index contributed by atoms with van der Waals surface area (Å²) < 4.78 is 5.00. The van der Waals surface area contributed by atoms with Crippen molar-refractivity contribution in [2.45, 2.75) is 32.9 Å².